The summed E-state index contributed by atoms with van der Waals surface area (Å²) >= 11 is 0. The Morgan fingerprint density at radius 3 is 2.31 bits per heavy atom. The molecular formula is C20H27N3O5S. The molecule has 0 aromatic heterocycles. The Kier molecular flexibility index (Phi) is 7.10. The van der Waals surface area contributed by atoms with Crippen molar-refractivity contribution in [2.24, 2.45) is 0 Å². The van der Waals surface area contributed by atoms with E-state index < -0.39 is 16.1 Å². The Morgan fingerprint density at radius 2 is 1.72 bits per heavy atom. The fourth-order valence-electron chi connectivity index (χ4n) is 2.57. The molecule has 2 rings (SSSR count). The first-order valence-electron chi connectivity index (χ1n) is 8.92. The van der Waals surface area contributed by atoms with Gasteiger partial charge in [0, 0.05) is 25.8 Å². The van der Waals surface area contributed by atoms with Crippen LogP contribution in [0.15, 0.2) is 41.3 Å². The highest BCUT2D eigenvalue weighted by Crippen LogP contribution is 2.29. The topological polar surface area (TPSA) is 97.0 Å². The second kappa shape index (κ2) is 9.15. The van der Waals surface area contributed by atoms with Gasteiger partial charge in [-0.3, -0.25) is 4.79 Å². The van der Waals surface area contributed by atoms with E-state index in [1.54, 1.807) is 45.2 Å². The molecule has 2 N–H and O–H groups in total. The van der Waals surface area contributed by atoms with Gasteiger partial charge >= 0.3 is 0 Å². The van der Waals surface area contributed by atoms with Gasteiger partial charge in [-0.15, -0.1) is 0 Å². The van der Waals surface area contributed by atoms with Crippen LogP contribution in [0.2, 0.25) is 0 Å². The average molecular weight is 422 g/mol. The number of benzene rings is 2. The van der Waals surface area contributed by atoms with Gasteiger partial charge in [0.1, 0.15) is 17.5 Å². The van der Waals surface area contributed by atoms with Gasteiger partial charge in [-0.05, 0) is 43.7 Å². The van der Waals surface area contributed by atoms with Crippen molar-refractivity contribution in [2.75, 3.05) is 38.9 Å². The normalized spacial score (nSPS) is 12.4. The van der Waals surface area contributed by atoms with Gasteiger partial charge in [0.15, 0.2) is 0 Å². The first-order chi connectivity index (χ1) is 13.6. The summed E-state index contributed by atoms with van der Waals surface area (Å²) in [4.78, 5) is 12.8. The zero-order chi connectivity index (χ0) is 21.8. The molecule has 0 saturated heterocycles. The number of methoxy groups -OCH3 is 2. The second-order valence-corrected chi connectivity index (χ2v) is 8.84. The van der Waals surface area contributed by atoms with Crippen LogP contribution in [-0.2, 0) is 14.8 Å². The van der Waals surface area contributed by atoms with Crippen molar-refractivity contribution >= 4 is 27.3 Å². The van der Waals surface area contributed by atoms with E-state index in [0.717, 1.165) is 9.87 Å². The lowest BCUT2D eigenvalue weighted by molar-refractivity contribution is -0.116. The van der Waals surface area contributed by atoms with Crippen LogP contribution in [0.4, 0.5) is 11.4 Å². The van der Waals surface area contributed by atoms with E-state index in [0.29, 0.717) is 22.9 Å². The lowest BCUT2D eigenvalue weighted by Crippen LogP contribution is -2.32. The first kappa shape index (κ1) is 22.5. The largest absolute Gasteiger partial charge is 0.497 e. The van der Waals surface area contributed by atoms with E-state index in [1.807, 2.05) is 0 Å². The van der Waals surface area contributed by atoms with Crippen LogP contribution in [0.3, 0.4) is 0 Å². The smallest absolute Gasteiger partial charge is 0.246 e. The van der Waals surface area contributed by atoms with E-state index in [-0.39, 0.29) is 10.8 Å². The van der Waals surface area contributed by atoms with Crippen molar-refractivity contribution in [3.8, 4) is 11.5 Å². The first-order valence-corrected chi connectivity index (χ1v) is 10.4. The Labute approximate surface area is 171 Å². The zero-order valence-corrected chi connectivity index (χ0v) is 18.3. The summed E-state index contributed by atoms with van der Waals surface area (Å²) in [6, 6.07) is 9.25. The van der Waals surface area contributed by atoms with Gasteiger partial charge in [0.05, 0.1) is 24.8 Å². The molecule has 0 fully saturated rings. The molecule has 1 amide bonds. The van der Waals surface area contributed by atoms with Crippen LogP contribution in [0.25, 0.3) is 0 Å². The zero-order valence-electron chi connectivity index (χ0n) is 17.4. The summed E-state index contributed by atoms with van der Waals surface area (Å²) in [5, 5.41) is 5.89. The van der Waals surface area contributed by atoms with E-state index >= 15 is 0 Å². The van der Waals surface area contributed by atoms with E-state index in [2.05, 4.69) is 10.6 Å². The van der Waals surface area contributed by atoms with E-state index in [4.69, 9.17) is 9.47 Å². The highest BCUT2D eigenvalue weighted by atomic mass is 32.2. The molecule has 9 heteroatoms. The van der Waals surface area contributed by atoms with Crippen LogP contribution < -0.4 is 20.1 Å². The van der Waals surface area contributed by atoms with Crippen LogP contribution in [-0.4, -0.2) is 53.0 Å². The van der Waals surface area contributed by atoms with Crippen molar-refractivity contribution in [2.45, 2.75) is 24.8 Å². The fraction of sp³-hybridized carbons (Fsp3) is 0.350. The molecule has 0 saturated carbocycles. The summed E-state index contributed by atoms with van der Waals surface area (Å²) < 4.78 is 36.4. The molecule has 0 radical (unpaired) electrons. The molecule has 0 heterocycles. The number of amides is 1. The van der Waals surface area contributed by atoms with Crippen LogP contribution in [0, 0.1) is 6.92 Å². The molecule has 1 unspecified atom stereocenters. The number of hydrogen-bond acceptors (Lipinski definition) is 6. The van der Waals surface area contributed by atoms with Gasteiger partial charge in [-0.1, -0.05) is 6.07 Å². The number of hydrogen-bond donors (Lipinski definition) is 2. The highest BCUT2D eigenvalue weighted by molar-refractivity contribution is 7.89. The number of aryl methyl sites for hydroxylation is 1. The third-order valence-electron chi connectivity index (χ3n) is 4.42. The molecule has 158 valence electrons. The van der Waals surface area contributed by atoms with Crippen molar-refractivity contribution in [1.29, 1.82) is 0 Å². The minimum Gasteiger partial charge on any atom is -0.497 e. The molecule has 0 aliphatic carbocycles. The van der Waals surface area contributed by atoms with Crippen LogP contribution in [0.1, 0.15) is 12.5 Å². The standard InChI is InChI=1S/C20H27N3O5S/c1-13-7-9-16(29(25,26)23(3)4)12-17(13)22-20(24)14(2)21-18-11-15(27-5)8-10-19(18)28-6/h7-12,14,21H,1-6H3,(H,22,24). The minimum atomic E-state index is -3.60. The molecule has 1 atom stereocenters. The maximum Gasteiger partial charge on any atom is 0.246 e. The number of rotatable bonds is 8. The van der Waals surface area contributed by atoms with Gasteiger partial charge < -0.3 is 20.1 Å². The summed E-state index contributed by atoms with van der Waals surface area (Å²) in [5.74, 6) is 0.872. The van der Waals surface area contributed by atoms with Gasteiger partial charge in [-0.25, -0.2) is 12.7 Å². The molecule has 0 bridgehead atoms. The third-order valence-corrected chi connectivity index (χ3v) is 6.23. The third kappa shape index (κ3) is 5.18. The van der Waals surface area contributed by atoms with Crippen molar-refractivity contribution in [3.05, 3.63) is 42.0 Å². The Balaban J connectivity index is 2.22. The number of carbonyl (C=O) groups excluding carboxylic acids is 1. The Hall–Kier alpha value is -2.78. The van der Waals surface area contributed by atoms with E-state index in [1.165, 1.54) is 33.3 Å². The number of anilines is 2. The van der Waals surface area contributed by atoms with Gasteiger partial charge in [0.25, 0.3) is 0 Å². The fourth-order valence-corrected chi connectivity index (χ4v) is 3.50. The summed E-state index contributed by atoms with van der Waals surface area (Å²) in [5.41, 5.74) is 1.79. The van der Waals surface area contributed by atoms with Crippen molar-refractivity contribution < 1.29 is 22.7 Å². The van der Waals surface area contributed by atoms with Crippen molar-refractivity contribution in [3.63, 3.8) is 0 Å². The quantitative estimate of drug-likeness (QED) is 0.680. The van der Waals surface area contributed by atoms with Crippen molar-refractivity contribution in [1.82, 2.24) is 4.31 Å². The van der Waals surface area contributed by atoms with Crippen LogP contribution >= 0.6 is 0 Å². The molecule has 8 nitrogen and oxygen atoms in total. The molecule has 29 heavy (non-hydrogen) atoms. The molecule has 0 aliphatic heterocycles. The second-order valence-electron chi connectivity index (χ2n) is 6.69. The molecular weight excluding hydrogens is 394 g/mol. The predicted octanol–water partition coefficient (Wildman–Crippen LogP) is 2.70. The highest BCUT2D eigenvalue weighted by Gasteiger charge is 2.20. The lowest BCUT2D eigenvalue weighted by atomic mass is 10.2. The van der Waals surface area contributed by atoms with Gasteiger partial charge in [0.2, 0.25) is 15.9 Å². The lowest BCUT2D eigenvalue weighted by Gasteiger charge is -2.19. The minimum absolute atomic E-state index is 0.110. The summed E-state index contributed by atoms with van der Waals surface area (Å²) in [6.07, 6.45) is 0. The number of nitrogens with zero attached hydrogens (tertiary/aromatic N) is 1. The number of sulfonamides is 1. The maximum absolute atomic E-state index is 12.7. The summed E-state index contributed by atoms with van der Waals surface area (Å²) in [6.45, 7) is 3.49. The SMILES string of the molecule is COc1ccc(OC)c(NC(C)C(=O)Nc2cc(S(=O)(=O)N(C)C)ccc2C)c1. The molecule has 2 aromatic carbocycles. The Morgan fingerprint density at radius 1 is 1.03 bits per heavy atom. The van der Waals surface area contributed by atoms with E-state index in [9.17, 15) is 13.2 Å². The molecule has 0 spiro atoms. The number of ether oxygens (including phenoxy) is 2. The van der Waals surface area contributed by atoms with Crippen LogP contribution in [0.5, 0.6) is 11.5 Å². The average Bonchev–Trinajstić information content (AvgIpc) is 2.69. The molecule has 0 aliphatic rings. The van der Waals surface area contributed by atoms with Gasteiger partial charge in [-0.2, -0.15) is 0 Å². The monoisotopic (exact) mass is 421 g/mol. The predicted molar refractivity (Wildman–Crippen MR) is 113 cm³/mol. The number of nitrogens with one attached hydrogen (secondary N) is 2. The maximum atomic E-state index is 12.7. The summed E-state index contributed by atoms with van der Waals surface area (Å²) in [7, 11) is 2.41. The number of carbonyl (C=O) groups is 1. The Bertz CT molecular complexity index is 990. The molecule has 2 aromatic rings.